The number of carbonyl (C=O) groups excluding carboxylic acids is 1. The normalized spacial score (nSPS) is 15.4. The molecule has 1 fully saturated rings. The number of piperazine rings is 1. The van der Waals surface area contributed by atoms with Gasteiger partial charge >= 0.3 is 0 Å². The van der Waals surface area contributed by atoms with Crippen LogP contribution in [0.5, 0.6) is 0 Å². The first-order valence-corrected chi connectivity index (χ1v) is 10.5. The molecule has 1 aliphatic rings. The molecule has 1 aliphatic heterocycles. The number of hydrogen-bond donors (Lipinski definition) is 1. The van der Waals surface area contributed by atoms with Gasteiger partial charge in [-0.25, -0.2) is 4.68 Å². The lowest BCUT2D eigenvalue weighted by molar-refractivity contribution is -0.116. The van der Waals surface area contributed by atoms with E-state index in [1.807, 2.05) is 61.0 Å². The van der Waals surface area contributed by atoms with E-state index in [1.165, 1.54) is 0 Å². The molecule has 30 heavy (non-hydrogen) atoms. The highest BCUT2D eigenvalue weighted by atomic mass is 16.3. The molecule has 158 valence electrons. The van der Waals surface area contributed by atoms with Crippen LogP contribution in [-0.4, -0.2) is 58.2 Å². The maximum Gasteiger partial charge on any atom is 0.225 e. The van der Waals surface area contributed by atoms with Crippen LogP contribution in [0.2, 0.25) is 0 Å². The molecule has 4 rings (SSSR count). The Balaban J connectivity index is 1.26. The summed E-state index contributed by atoms with van der Waals surface area (Å²) in [6.07, 6.45) is 2.20. The SMILES string of the molecule is Cc1nn(-c2ccccc2)c(C)c1NC(=O)CCN1CCN(Cc2ccco2)CC1. The van der Waals surface area contributed by atoms with Gasteiger partial charge in [-0.05, 0) is 38.1 Å². The number of hydrogen-bond acceptors (Lipinski definition) is 5. The molecule has 1 amide bonds. The van der Waals surface area contributed by atoms with E-state index in [0.717, 1.165) is 67.8 Å². The number of rotatable bonds is 7. The number of nitrogens with zero attached hydrogens (tertiary/aromatic N) is 4. The summed E-state index contributed by atoms with van der Waals surface area (Å²) in [4.78, 5) is 17.3. The van der Waals surface area contributed by atoms with Crippen LogP contribution in [0.1, 0.15) is 23.6 Å². The lowest BCUT2D eigenvalue weighted by Crippen LogP contribution is -2.46. The molecule has 2 aromatic heterocycles. The highest BCUT2D eigenvalue weighted by molar-refractivity contribution is 5.92. The van der Waals surface area contributed by atoms with Crippen molar-refractivity contribution in [2.75, 3.05) is 38.0 Å². The third-order valence-electron chi connectivity index (χ3n) is 5.64. The predicted molar refractivity (Wildman–Crippen MR) is 117 cm³/mol. The molecular weight excluding hydrogens is 378 g/mol. The smallest absolute Gasteiger partial charge is 0.225 e. The summed E-state index contributed by atoms with van der Waals surface area (Å²) in [5, 5.41) is 7.68. The fourth-order valence-electron chi connectivity index (χ4n) is 3.90. The van der Waals surface area contributed by atoms with Gasteiger partial charge in [0.2, 0.25) is 5.91 Å². The summed E-state index contributed by atoms with van der Waals surface area (Å²) in [6, 6.07) is 13.9. The van der Waals surface area contributed by atoms with Crippen molar-refractivity contribution in [3.8, 4) is 5.69 Å². The second kappa shape index (κ2) is 9.28. The van der Waals surface area contributed by atoms with Crippen LogP contribution in [0.25, 0.3) is 5.69 Å². The van der Waals surface area contributed by atoms with E-state index in [-0.39, 0.29) is 5.91 Å². The summed E-state index contributed by atoms with van der Waals surface area (Å²) in [6.45, 7) is 9.46. The van der Waals surface area contributed by atoms with Crippen LogP contribution in [0.4, 0.5) is 5.69 Å². The topological polar surface area (TPSA) is 66.5 Å². The van der Waals surface area contributed by atoms with Gasteiger partial charge in [0.25, 0.3) is 0 Å². The molecule has 1 aromatic carbocycles. The van der Waals surface area contributed by atoms with Crippen molar-refractivity contribution in [3.63, 3.8) is 0 Å². The maximum atomic E-state index is 12.6. The predicted octanol–water partition coefficient (Wildman–Crippen LogP) is 3.23. The fraction of sp³-hybridized carbons (Fsp3) is 0.391. The van der Waals surface area contributed by atoms with E-state index >= 15 is 0 Å². The summed E-state index contributed by atoms with van der Waals surface area (Å²) < 4.78 is 7.31. The van der Waals surface area contributed by atoms with E-state index in [9.17, 15) is 4.79 Å². The third-order valence-corrected chi connectivity index (χ3v) is 5.64. The first-order chi connectivity index (χ1) is 14.6. The molecule has 0 spiro atoms. The van der Waals surface area contributed by atoms with Crippen molar-refractivity contribution in [1.29, 1.82) is 0 Å². The first-order valence-electron chi connectivity index (χ1n) is 10.5. The van der Waals surface area contributed by atoms with Gasteiger partial charge in [0.05, 0.1) is 35.6 Å². The van der Waals surface area contributed by atoms with Gasteiger partial charge < -0.3 is 14.6 Å². The lowest BCUT2D eigenvalue weighted by Gasteiger charge is -2.34. The van der Waals surface area contributed by atoms with Crippen molar-refractivity contribution in [3.05, 3.63) is 65.9 Å². The molecule has 7 heteroatoms. The summed E-state index contributed by atoms with van der Waals surface area (Å²) in [7, 11) is 0. The average Bonchev–Trinajstić information content (AvgIpc) is 3.37. The number of nitrogens with one attached hydrogen (secondary N) is 1. The molecule has 0 aliphatic carbocycles. The molecule has 7 nitrogen and oxygen atoms in total. The van der Waals surface area contributed by atoms with Crippen molar-refractivity contribution < 1.29 is 9.21 Å². The largest absolute Gasteiger partial charge is 0.468 e. The summed E-state index contributed by atoms with van der Waals surface area (Å²) in [5.41, 5.74) is 3.58. The Morgan fingerprint density at radius 1 is 1.03 bits per heavy atom. The number of anilines is 1. The fourth-order valence-corrected chi connectivity index (χ4v) is 3.90. The minimum atomic E-state index is 0.0341. The second-order valence-corrected chi connectivity index (χ2v) is 7.79. The number of para-hydroxylation sites is 1. The highest BCUT2D eigenvalue weighted by Crippen LogP contribution is 2.23. The minimum Gasteiger partial charge on any atom is -0.468 e. The van der Waals surface area contributed by atoms with Crippen LogP contribution in [0.3, 0.4) is 0 Å². The average molecular weight is 408 g/mol. The van der Waals surface area contributed by atoms with Gasteiger partial charge in [0.15, 0.2) is 0 Å². The number of benzene rings is 1. The van der Waals surface area contributed by atoms with Crippen LogP contribution in [0.15, 0.2) is 53.1 Å². The number of aromatic nitrogens is 2. The van der Waals surface area contributed by atoms with Gasteiger partial charge in [-0.2, -0.15) is 5.10 Å². The molecule has 1 saturated heterocycles. The summed E-state index contributed by atoms with van der Waals surface area (Å²) in [5.74, 6) is 1.04. The quantitative estimate of drug-likeness (QED) is 0.651. The van der Waals surface area contributed by atoms with Crippen LogP contribution in [0, 0.1) is 13.8 Å². The van der Waals surface area contributed by atoms with Crippen molar-refractivity contribution >= 4 is 11.6 Å². The highest BCUT2D eigenvalue weighted by Gasteiger charge is 2.19. The molecule has 3 aromatic rings. The van der Waals surface area contributed by atoms with Crippen LogP contribution in [-0.2, 0) is 11.3 Å². The van der Waals surface area contributed by atoms with Crippen LogP contribution >= 0.6 is 0 Å². The second-order valence-electron chi connectivity index (χ2n) is 7.79. The van der Waals surface area contributed by atoms with Gasteiger partial charge in [-0.15, -0.1) is 0 Å². The van der Waals surface area contributed by atoms with Crippen molar-refractivity contribution in [1.82, 2.24) is 19.6 Å². The monoisotopic (exact) mass is 407 g/mol. The van der Waals surface area contributed by atoms with Gasteiger partial charge in [-0.3, -0.25) is 9.69 Å². The Morgan fingerprint density at radius 2 is 1.77 bits per heavy atom. The first kappa shape index (κ1) is 20.4. The van der Waals surface area contributed by atoms with Gasteiger partial charge in [-0.1, -0.05) is 18.2 Å². The Morgan fingerprint density at radius 3 is 2.47 bits per heavy atom. The number of aryl methyl sites for hydroxylation is 1. The Hall–Kier alpha value is -2.90. The number of furan rings is 1. The minimum absolute atomic E-state index is 0.0341. The summed E-state index contributed by atoms with van der Waals surface area (Å²) >= 11 is 0. The zero-order chi connectivity index (χ0) is 20.9. The molecule has 0 bridgehead atoms. The van der Waals surface area contributed by atoms with Gasteiger partial charge in [0.1, 0.15) is 5.76 Å². The molecule has 0 saturated carbocycles. The van der Waals surface area contributed by atoms with E-state index in [1.54, 1.807) is 6.26 Å². The van der Waals surface area contributed by atoms with Crippen molar-refractivity contribution in [2.24, 2.45) is 0 Å². The molecule has 0 unspecified atom stereocenters. The van der Waals surface area contributed by atoms with E-state index in [0.29, 0.717) is 6.42 Å². The van der Waals surface area contributed by atoms with Crippen LogP contribution < -0.4 is 5.32 Å². The van der Waals surface area contributed by atoms with Crippen molar-refractivity contribution in [2.45, 2.75) is 26.8 Å². The van der Waals surface area contributed by atoms with E-state index in [4.69, 9.17) is 4.42 Å². The molecule has 0 radical (unpaired) electrons. The molecule has 3 heterocycles. The van der Waals surface area contributed by atoms with E-state index < -0.39 is 0 Å². The maximum absolute atomic E-state index is 12.6. The zero-order valence-corrected chi connectivity index (χ0v) is 17.7. The standard InChI is InChI=1S/C23H29N5O2/c1-18-23(19(2)28(25-18)20-7-4-3-5-8-20)24-22(29)10-11-26-12-14-27(15-13-26)17-21-9-6-16-30-21/h3-9,16H,10-15,17H2,1-2H3,(H,24,29). The number of carbonyl (C=O) groups is 1. The molecule has 1 N–H and O–H groups in total. The lowest BCUT2D eigenvalue weighted by atomic mass is 10.2. The number of amides is 1. The Bertz CT molecular complexity index is 957. The van der Waals surface area contributed by atoms with E-state index in [2.05, 4.69) is 20.2 Å². The Kier molecular flexibility index (Phi) is 6.30. The zero-order valence-electron chi connectivity index (χ0n) is 17.7. The molecule has 0 atom stereocenters. The molecular formula is C23H29N5O2. The Labute approximate surface area is 177 Å². The van der Waals surface area contributed by atoms with Gasteiger partial charge in [0, 0.05) is 39.1 Å². The third kappa shape index (κ3) is 4.80.